The second-order valence-electron chi connectivity index (χ2n) is 4.89. The topological polar surface area (TPSA) is 102 Å². The van der Waals surface area contributed by atoms with Crippen LogP contribution in [-0.4, -0.2) is 27.4 Å². The molecule has 2 aromatic rings. The summed E-state index contributed by atoms with van der Waals surface area (Å²) in [6, 6.07) is 7.45. The first kappa shape index (κ1) is 15.4. The van der Waals surface area contributed by atoms with E-state index in [4.69, 9.17) is 0 Å². The van der Waals surface area contributed by atoms with E-state index >= 15 is 0 Å². The largest absolute Gasteiger partial charge is 0.507 e. The van der Waals surface area contributed by atoms with Crippen LogP contribution in [0.3, 0.4) is 0 Å². The molecule has 0 atom stereocenters. The molecule has 0 aliphatic rings. The van der Waals surface area contributed by atoms with Gasteiger partial charge in [0, 0.05) is 5.56 Å². The van der Waals surface area contributed by atoms with Crippen molar-refractivity contribution in [2.75, 3.05) is 0 Å². The van der Waals surface area contributed by atoms with Crippen molar-refractivity contribution in [1.29, 1.82) is 0 Å². The second-order valence-corrected chi connectivity index (χ2v) is 4.89. The van der Waals surface area contributed by atoms with E-state index in [2.05, 4.69) is 10.5 Å². The summed E-state index contributed by atoms with van der Waals surface area (Å²) in [4.78, 5) is 11.9. The maximum Gasteiger partial charge on any atom is 0.278 e. The highest BCUT2D eigenvalue weighted by atomic mass is 16.3. The predicted molar refractivity (Wildman–Crippen MR) is 82.4 cm³/mol. The molecular formula is C16H16N2O4. The molecule has 4 N–H and O–H groups in total. The number of nitrogens with zero attached hydrogens (tertiary/aromatic N) is 1. The molecular weight excluding hydrogens is 284 g/mol. The van der Waals surface area contributed by atoms with Gasteiger partial charge in [0.15, 0.2) is 0 Å². The average molecular weight is 300 g/mol. The number of aryl methyl sites for hydroxylation is 2. The molecule has 0 aliphatic heterocycles. The maximum atomic E-state index is 11.9. The van der Waals surface area contributed by atoms with Crippen LogP contribution in [0.15, 0.2) is 35.4 Å². The molecule has 2 aromatic carbocycles. The number of carbonyl (C=O) groups is 1. The number of phenolic OH excluding ortho intramolecular Hbond substituents is 3. The van der Waals surface area contributed by atoms with Crippen LogP contribution in [0.5, 0.6) is 17.2 Å². The lowest BCUT2D eigenvalue weighted by atomic mass is 10.1. The summed E-state index contributed by atoms with van der Waals surface area (Å²) in [6.07, 6.45) is 1.30. The zero-order chi connectivity index (χ0) is 16.3. The van der Waals surface area contributed by atoms with Crippen LogP contribution in [-0.2, 0) is 0 Å². The third-order valence-electron chi connectivity index (χ3n) is 3.12. The molecule has 0 unspecified atom stereocenters. The Balaban J connectivity index is 2.18. The first-order valence-electron chi connectivity index (χ1n) is 6.54. The quantitative estimate of drug-likeness (QED) is 0.515. The van der Waals surface area contributed by atoms with Gasteiger partial charge in [0.25, 0.3) is 5.91 Å². The number of hydrogen-bond acceptors (Lipinski definition) is 5. The van der Waals surface area contributed by atoms with E-state index in [-0.39, 0.29) is 22.8 Å². The molecule has 114 valence electrons. The van der Waals surface area contributed by atoms with Crippen LogP contribution in [0.2, 0.25) is 0 Å². The van der Waals surface area contributed by atoms with Gasteiger partial charge in [0.1, 0.15) is 22.8 Å². The average Bonchev–Trinajstić information content (AvgIpc) is 2.41. The summed E-state index contributed by atoms with van der Waals surface area (Å²) in [7, 11) is 0. The van der Waals surface area contributed by atoms with Gasteiger partial charge in [-0.1, -0.05) is 12.1 Å². The van der Waals surface area contributed by atoms with Crippen LogP contribution in [0.1, 0.15) is 27.0 Å². The van der Waals surface area contributed by atoms with E-state index < -0.39 is 5.91 Å². The number of carbonyl (C=O) groups excluding carboxylic acids is 1. The van der Waals surface area contributed by atoms with Crippen LogP contribution in [0.4, 0.5) is 0 Å². The highest BCUT2D eigenvalue weighted by molar-refractivity contribution is 6.00. The van der Waals surface area contributed by atoms with E-state index in [1.165, 1.54) is 24.4 Å². The number of nitrogens with one attached hydrogen (secondary N) is 1. The molecule has 0 aromatic heterocycles. The predicted octanol–water partition coefficient (Wildman–Crippen LogP) is 2.18. The van der Waals surface area contributed by atoms with Gasteiger partial charge in [-0.2, -0.15) is 5.10 Å². The van der Waals surface area contributed by atoms with Crippen molar-refractivity contribution >= 4 is 12.1 Å². The molecule has 6 nitrogen and oxygen atoms in total. The van der Waals surface area contributed by atoms with Gasteiger partial charge in [-0.25, -0.2) is 5.43 Å². The number of hydrazone groups is 1. The Morgan fingerprint density at radius 3 is 2.32 bits per heavy atom. The van der Waals surface area contributed by atoms with Crippen molar-refractivity contribution in [2.45, 2.75) is 13.8 Å². The van der Waals surface area contributed by atoms with E-state index in [0.717, 1.165) is 11.1 Å². The lowest BCUT2D eigenvalue weighted by molar-refractivity contribution is 0.0949. The van der Waals surface area contributed by atoms with Crippen molar-refractivity contribution in [3.63, 3.8) is 0 Å². The normalized spacial score (nSPS) is 10.8. The maximum absolute atomic E-state index is 11.9. The van der Waals surface area contributed by atoms with Crippen molar-refractivity contribution in [2.24, 2.45) is 5.10 Å². The third kappa shape index (κ3) is 3.17. The van der Waals surface area contributed by atoms with Crippen molar-refractivity contribution in [3.05, 3.63) is 52.6 Å². The molecule has 2 rings (SSSR count). The standard InChI is InChI=1S/C16H16N2O4/c1-9-6-10(2)11(14(21)7-9)8-17-18-16(22)15-12(19)4-3-5-13(15)20/h3-8,19-21H,1-2H3,(H,18,22)/b17-8+. The van der Waals surface area contributed by atoms with E-state index in [1.807, 2.05) is 19.9 Å². The minimum Gasteiger partial charge on any atom is -0.507 e. The molecule has 0 spiro atoms. The second kappa shape index (κ2) is 6.17. The number of amides is 1. The lowest BCUT2D eigenvalue weighted by Gasteiger charge is -2.06. The summed E-state index contributed by atoms with van der Waals surface area (Å²) in [5.74, 6) is -1.39. The van der Waals surface area contributed by atoms with Gasteiger partial charge < -0.3 is 15.3 Å². The van der Waals surface area contributed by atoms with Crippen molar-refractivity contribution < 1.29 is 20.1 Å². The monoisotopic (exact) mass is 300 g/mol. The highest BCUT2D eigenvalue weighted by Crippen LogP contribution is 2.26. The lowest BCUT2D eigenvalue weighted by Crippen LogP contribution is -2.18. The van der Waals surface area contributed by atoms with Gasteiger partial charge in [-0.15, -0.1) is 0 Å². The highest BCUT2D eigenvalue weighted by Gasteiger charge is 2.15. The Labute approximate surface area is 127 Å². The Kier molecular flexibility index (Phi) is 4.31. The Bertz CT molecular complexity index is 711. The molecule has 0 radical (unpaired) electrons. The van der Waals surface area contributed by atoms with Crippen LogP contribution >= 0.6 is 0 Å². The Morgan fingerprint density at radius 1 is 1.09 bits per heavy atom. The SMILES string of the molecule is Cc1cc(C)c(/C=N/NC(=O)c2c(O)cccc2O)c(O)c1. The molecule has 0 bridgehead atoms. The van der Waals surface area contributed by atoms with E-state index in [1.54, 1.807) is 6.07 Å². The van der Waals surface area contributed by atoms with Crippen LogP contribution < -0.4 is 5.43 Å². The minimum absolute atomic E-state index is 0.0564. The minimum atomic E-state index is -0.754. The van der Waals surface area contributed by atoms with Gasteiger partial charge in [0.2, 0.25) is 0 Å². The van der Waals surface area contributed by atoms with Crippen molar-refractivity contribution in [3.8, 4) is 17.2 Å². The molecule has 0 saturated carbocycles. The van der Waals surface area contributed by atoms with Crippen molar-refractivity contribution in [1.82, 2.24) is 5.43 Å². The first-order valence-corrected chi connectivity index (χ1v) is 6.54. The fourth-order valence-corrected chi connectivity index (χ4v) is 2.10. The number of rotatable bonds is 3. The molecule has 22 heavy (non-hydrogen) atoms. The van der Waals surface area contributed by atoms with E-state index in [9.17, 15) is 20.1 Å². The fraction of sp³-hybridized carbons (Fsp3) is 0.125. The van der Waals surface area contributed by atoms with Gasteiger partial charge in [-0.3, -0.25) is 4.79 Å². The number of phenols is 3. The first-order chi connectivity index (χ1) is 10.4. The summed E-state index contributed by atoms with van der Waals surface area (Å²) >= 11 is 0. The molecule has 0 fully saturated rings. The van der Waals surface area contributed by atoms with Gasteiger partial charge in [0.05, 0.1) is 6.21 Å². The summed E-state index contributed by atoms with van der Waals surface area (Å²) < 4.78 is 0. The Hall–Kier alpha value is -3.02. The van der Waals surface area contributed by atoms with Gasteiger partial charge in [-0.05, 0) is 43.2 Å². The molecule has 0 heterocycles. The van der Waals surface area contributed by atoms with Crippen LogP contribution in [0, 0.1) is 13.8 Å². The zero-order valence-corrected chi connectivity index (χ0v) is 12.2. The van der Waals surface area contributed by atoms with Crippen LogP contribution in [0.25, 0.3) is 0 Å². The summed E-state index contributed by atoms with van der Waals surface area (Å²) in [6.45, 7) is 3.67. The summed E-state index contributed by atoms with van der Waals surface area (Å²) in [5, 5.41) is 32.8. The van der Waals surface area contributed by atoms with Gasteiger partial charge >= 0.3 is 0 Å². The van der Waals surface area contributed by atoms with E-state index in [0.29, 0.717) is 5.56 Å². The fourth-order valence-electron chi connectivity index (χ4n) is 2.10. The smallest absolute Gasteiger partial charge is 0.278 e. The number of aromatic hydroxyl groups is 3. The number of hydrogen-bond donors (Lipinski definition) is 4. The molecule has 6 heteroatoms. The third-order valence-corrected chi connectivity index (χ3v) is 3.12. The molecule has 0 saturated heterocycles. The molecule has 1 amide bonds. The zero-order valence-electron chi connectivity index (χ0n) is 12.2. The molecule has 0 aliphatic carbocycles. The Morgan fingerprint density at radius 2 is 1.73 bits per heavy atom. The number of benzene rings is 2. The summed E-state index contributed by atoms with van der Waals surface area (Å²) in [5.41, 5.74) is 4.14.